The first-order chi connectivity index (χ1) is 13.6. The molecule has 0 spiro atoms. The van der Waals surface area contributed by atoms with Crippen LogP contribution >= 0.6 is 11.3 Å². The largest absolute Gasteiger partial charge is 0.278 e. The summed E-state index contributed by atoms with van der Waals surface area (Å²) in [4.78, 5) is 41.0. The first-order valence-electron chi connectivity index (χ1n) is 9.48. The molecular weight excluding hydrogens is 376 g/mol. The topological polar surface area (TPSA) is 85.2 Å². The van der Waals surface area contributed by atoms with Gasteiger partial charge in [-0.25, -0.2) is 4.68 Å². The van der Waals surface area contributed by atoms with Crippen LogP contribution in [0.4, 0.5) is 0 Å². The maximum Gasteiger partial charge on any atom is 0.278 e. The summed E-state index contributed by atoms with van der Waals surface area (Å²) >= 11 is 1.58. The smallest absolute Gasteiger partial charge is 0.274 e. The average Bonchev–Trinajstić information content (AvgIpc) is 3.21. The Hall–Kier alpha value is -2.87. The third kappa shape index (κ3) is 2.59. The Labute approximate surface area is 164 Å². The highest BCUT2D eigenvalue weighted by Gasteiger charge is 2.34. The molecule has 0 bridgehead atoms. The third-order valence-corrected chi connectivity index (χ3v) is 6.65. The molecule has 0 atom stereocenters. The lowest BCUT2D eigenvalue weighted by Crippen LogP contribution is -2.32. The number of aryl methyl sites for hydroxylation is 3. The summed E-state index contributed by atoms with van der Waals surface area (Å²) in [6.45, 7) is 0.569. The zero-order valence-corrected chi connectivity index (χ0v) is 16.0. The molecule has 1 aliphatic heterocycles. The number of imide groups is 1. The van der Waals surface area contributed by atoms with Crippen molar-refractivity contribution in [2.45, 2.75) is 38.6 Å². The predicted molar refractivity (Wildman–Crippen MR) is 105 cm³/mol. The summed E-state index contributed by atoms with van der Waals surface area (Å²) in [5, 5.41) is 9.02. The monoisotopic (exact) mass is 394 g/mol. The van der Waals surface area contributed by atoms with Crippen LogP contribution in [0.2, 0.25) is 0 Å². The number of carbonyl (C=O) groups excluding carboxylic acids is 2. The number of nitrogens with zero attached hydrogens (tertiary/aromatic N) is 4. The maximum atomic E-state index is 12.9. The zero-order chi connectivity index (χ0) is 19.3. The molecule has 1 aliphatic carbocycles. The number of amides is 2. The van der Waals surface area contributed by atoms with Crippen LogP contribution in [0.15, 0.2) is 29.1 Å². The Morgan fingerprint density at radius 3 is 2.43 bits per heavy atom. The average molecular weight is 394 g/mol. The van der Waals surface area contributed by atoms with Crippen LogP contribution in [0.25, 0.3) is 10.2 Å². The number of hydrogen-bond acceptors (Lipinski definition) is 6. The van der Waals surface area contributed by atoms with Crippen molar-refractivity contribution in [2.75, 3.05) is 6.54 Å². The molecule has 2 amide bonds. The minimum absolute atomic E-state index is 0.119. The third-order valence-electron chi connectivity index (χ3n) is 5.47. The van der Waals surface area contributed by atoms with Gasteiger partial charge in [0.25, 0.3) is 17.4 Å². The Bertz CT molecular complexity index is 1140. The van der Waals surface area contributed by atoms with E-state index in [0.717, 1.165) is 31.2 Å². The SMILES string of the molecule is O=C1c2ccccc2C(=O)N1CCCn1nnc2sc3c(c2c1=O)CCCC3. The van der Waals surface area contributed by atoms with E-state index in [-0.39, 0.29) is 23.9 Å². The minimum Gasteiger partial charge on any atom is -0.274 e. The van der Waals surface area contributed by atoms with Crippen molar-refractivity contribution >= 4 is 33.4 Å². The highest BCUT2D eigenvalue weighted by atomic mass is 32.1. The van der Waals surface area contributed by atoms with Crippen LogP contribution in [0.3, 0.4) is 0 Å². The van der Waals surface area contributed by atoms with Gasteiger partial charge in [-0.3, -0.25) is 19.3 Å². The first kappa shape index (κ1) is 17.2. The molecule has 8 heteroatoms. The molecule has 28 heavy (non-hydrogen) atoms. The number of hydrogen-bond donors (Lipinski definition) is 0. The Balaban J connectivity index is 1.35. The van der Waals surface area contributed by atoms with Crippen LogP contribution < -0.4 is 5.56 Å². The van der Waals surface area contributed by atoms with Gasteiger partial charge in [-0.1, -0.05) is 17.3 Å². The fourth-order valence-corrected chi connectivity index (χ4v) is 5.27. The van der Waals surface area contributed by atoms with Crippen LogP contribution in [0.1, 0.15) is 50.4 Å². The molecular formula is C20H18N4O3S. The number of carbonyl (C=O) groups is 2. The predicted octanol–water partition coefficient (Wildman–Crippen LogP) is 2.42. The first-order valence-corrected chi connectivity index (χ1v) is 10.3. The maximum absolute atomic E-state index is 12.9. The van der Waals surface area contributed by atoms with Gasteiger partial charge in [0.05, 0.1) is 16.5 Å². The minimum atomic E-state index is -0.276. The summed E-state index contributed by atoms with van der Waals surface area (Å²) < 4.78 is 1.36. The van der Waals surface area contributed by atoms with Crippen molar-refractivity contribution in [2.24, 2.45) is 0 Å². The molecule has 3 heterocycles. The molecule has 5 rings (SSSR count). The number of thiophene rings is 1. The molecule has 0 saturated carbocycles. The standard InChI is InChI=1S/C20H18N4O3S/c25-18-12-6-1-2-7-13(12)19(26)23(18)10-5-11-24-20(27)16-14-8-3-4-9-15(14)28-17(16)21-22-24/h1-2,6-7H,3-5,8-11H2. The van der Waals surface area contributed by atoms with Crippen molar-refractivity contribution in [1.29, 1.82) is 0 Å². The van der Waals surface area contributed by atoms with E-state index in [1.54, 1.807) is 35.6 Å². The van der Waals surface area contributed by atoms with Crippen LogP contribution in [0.5, 0.6) is 0 Å². The van der Waals surface area contributed by atoms with E-state index in [1.807, 2.05) is 0 Å². The molecule has 0 radical (unpaired) electrons. The number of aromatic nitrogens is 3. The number of fused-ring (bicyclic) bond motifs is 4. The molecule has 0 saturated heterocycles. The quantitative estimate of drug-likeness (QED) is 0.635. The van der Waals surface area contributed by atoms with E-state index in [0.29, 0.717) is 34.3 Å². The van der Waals surface area contributed by atoms with Gasteiger partial charge in [0.1, 0.15) is 0 Å². The molecule has 2 aromatic heterocycles. The highest BCUT2D eigenvalue weighted by Crippen LogP contribution is 2.33. The van der Waals surface area contributed by atoms with Gasteiger partial charge in [0.15, 0.2) is 4.83 Å². The van der Waals surface area contributed by atoms with E-state index < -0.39 is 0 Å². The fourth-order valence-electron chi connectivity index (χ4n) is 4.07. The Morgan fingerprint density at radius 1 is 0.964 bits per heavy atom. The van der Waals surface area contributed by atoms with Gasteiger partial charge in [-0.2, -0.15) is 0 Å². The van der Waals surface area contributed by atoms with Gasteiger partial charge >= 0.3 is 0 Å². The van der Waals surface area contributed by atoms with Gasteiger partial charge in [-0.15, -0.1) is 16.4 Å². The molecule has 0 unspecified atom stereocenters. The summed E-state index contributed by atoms with van der Waals surface area (Å²) in [7, 11) is 0. The van der Waals surface area contributed by atoms with E-state index in [4.69, 9.17) is 0 Å². The van der Waals surface area contributed by atoms with E-state index in [1.165, 1.54) is 14.5 Å². The Morgan fingerprint density at radius 2 is 1.68 bits per heavy atom. The summed E-state index contributed by atoms with van der Waals surface area (Å²) in [5.74, 6) is -0.553. The van der Waals surface area contributed by atoms with Crippen molar-refractivity contribution in [3.8, 4) is 0 Å². The van der Waals surface area contributed by atoms with Crippen LogP contribution in [-0.2, 0) is 19.4 Å². The summed E-state index contributed by atoms with van der Waals surface area (Å²) in [6, 6.07) is 6.83. The molecule has 142 valence electrons. The van der Waals surface area contributed by atoms with Crippen molar-refractivity contribution < 1.29 is 9.59 Å². The van der Waals surface area contributed by atoms with Gasteiger partial charge < -0.3 is 0 Å². The lowest BCUT2D eigenvalue weighted by atomic mass is 9.97. The second kappa shape index (κ2) is 6.63. The van der Waals surface area contributed by atoms with Crippen LogP contribution in [-0.4, -0.2) is 38.3 Å². The highest BCUT2D eigenvalue weighted by molar-refractivity contribution is 7.18. The van der Waals surface area contributed by atoms with Gasteiger partial charge in [0, 0.05) is 18.0 Å². The zero-order valence-electron chi connectivity index (χ0n) is 15.2. The lowest BCUT2D eigenvalue weighted by molar-refractivity contribution is 0.0650. The lowest BCUT2D eigenvalue weighted by Gasteiger charge is -2.13. The number of rotatable bonds is 4. The van der Waals surface area contributed by atoms with Gasteiger partial charge in [0.2, 0.25) is 0 Å². The normalized spacial score (nSPS) is 15.9. The Kier molecular flexibility index (Phi) is 4.08. The van der Waals surface area contributed by atoms with Crippen molar-refractivity contribution in [1.82, 2.24) is 19.9 Å². The fraction of sp³-hybridized carbons (Fsp3) is 0.350. The molecule has 3 aromatic rings. The summed E-state index contributed by atoms with van der Waals surface area (Å²) in [6.07, 6.45) is 4.64. The second-order valence-corrected chi connectivity index (χ2v) is 8.25. The van der Waals surface area contributed by atoms with Crippen molar-refractivity contribution in [3.63, 3.8) is 0 Å². The molecule has 0 N–H and O–H groups in total. The molecule has 1 aromatic carbocycles. The summed E-state index contributed by atoms with van der Waals surface area (Å²) in [5.41, 5.74) is 1.90. The van der Waals surface area contributed by atoms with E-state index in [2.05, 4.69) is 10.3 Å². The second-order valence-electron chi connectivity index (χ2n) is 7.17. The molecule has 7 nitrogen and oxygen atoms in total. The number of benzene rings is 1. The van der Waals surface area contributed by atoms with E-state index in [9.17, 15) is 14.4 Å². The van der Waals surface area contributed by atoms with E-state index >= 15 is 0 Å². The molecule has 2 aliphatic rings. The molecule has 0 fully saturated rings. The van der Waals surface area contributed by atoms with Crippen molar-refractivity contribution in [3.05, 3.63) is 56.2 Å². The van der Waals surface area contributed by atoms with Gasteiger partial charge in [-0.05, 0) is 49.8 Å². The van der Waals surface area contributed by atoms with Crippen LogP contribution in [0, 0.1) is 0 Å².